The topological polar surface area (TPSA) is 41.6 Å². The van der Waals surface area contributed by atoms with Crippen molar-refractivity contribution in [3.05, 3.63) is 29.8 Å². The molecule has 21 heavy (non-hydrogen) atoms. The van der Waals surface area contributed by atoms with E-state index >= 15 is 0 Å². The highest BCUT2D eigenvalue weighted by Gasteiger charge is 2.23. The third-order valence-corrected chi connectivity index (χ3v) is 4.39. The Hall–Kier alpha value is -1.55. The number of benzene rings is 1. The van der Waals surface area contributed by atoms with Crippen LogP contribution >= 0.6 is 0 Å². The largest absolute Gasteiger partial charge is 0.496 e. The molecular formula is C17H26N2O2. The molecule has 1 heterocycles. The summed E-state index contributed by atoms with van der Waals surface area (Å²) < 4.78 is 5.38. The highest BCUT2D eigenvalue weighted by atomic mass is 16.5. The van der Waals surface area contributed by atoms with Gasteiger partial charge in [-0.1, -0.05) is 18.2 Å². The molecular weight excluding hydrogens is 264 g/mol. The third-order valence-electron chi connectivity index (χ3n) is 4.39. The fourth-order valence-corrected chi connectivity index (χ4v) is 2.85. The van der Waals surface area contributed by atoms with Crippen molar-refractivity contribution in [2.24, 2.45) is 5.92 Å². The molecule has 116 valence electrons. The maximum atomic E-state index is 12.4. The van der Waals surface area contributed by atoms with Gasteiger partial charge < -0.3 is 15.0 Å². The number of hydrogen-bond acceptors (Lipinski definition) is 3. The number of para-hydroxylation sites is 1. The lowest BCUT2D eigenvalue weighted by Crippen LogP contribution is -2.37. The Morgan fingerprint density at radius 2 is 2.24 bits per heavy atom. The first-order valence-corrected chi connectivity index (χ1v) is 7.70. The van der Waals surface area contributed by atoms with Crippen LogP contribution in [0.3, 0.4) is 0 Å². The van der Waals surface area contributed by atoms with Gasteiger partial charge in [0.2, 0.25) is 5.91 Å². The number of likely N-dealkylation sites (N-methyl/N-ethyl adjacent to an activating group) is 1. The van der Waals surface area contributed by atoms with Crippen LogP contribution in [-0.2, 0) is 11.2 Å². The molecule has 2 rings (SSSR count). The molecule has 2 unspecified atom stereocenters. The summed E-state index contributed by atoms with van der Waals surface area (Å²) in [5.41, 5.74) is 1.15. The maximum absolute atomic E-state index is 12.4. The molecule has 1 saturated heterocycles. The lowest BCUT2D eigenvalue weighted by Gasteiger charge is -2.26. The summed E-state index contributed by atoms with van der Waals surface area (Å²) in [6, 6.07) is 8.18. The molecule has 1 amide bonds. The number of carbonyl (C=O) groups excluding carboxylic acids is 1. The van der Waals surface area contributed by atoms with Crippen molar-refractivity contribution in [3.8, 4) is 5.75 Å². The minimum atomic E-state index is 0.170. The van der Waals surface area contributed by atoms with Crippen molar-refractivity contribution in [2.75, 3.05) is 27.2 Å². The van der Waals surface area contributed by atoms with Crippen LogP contribution in [0.25, 0.3) is 0 Å². The summed E-state index contributed by atoms with van der Waals surface area (Å²) >= 11 is 0. The Morgan fingerprint density at radius 1 is 1.48 bits per heavy atom. The molecule has 0 bridgehead atoms. The van der Waals surface area contributed by atoms with Crippen LogP contribution in [0.15, 0.2) is 24.3 Å². The molecule has 1 fully saturated rings. The number of amides is 1. The summed E-state index contributed by atoms with van der Waals surface area (Å²) in [7, 11) is 3.59. The zero-order valence-corrected chi connectivity index (χ0v) is 13.3. The number of ether oxygens (including phenoxy) is 1. The number of nitrogens with one attached hydrogen (secondary N) is 1. The van der Waals surface area contributed by atoms with E-state index in [1.54, 1.807) is 7.11 Å². The van der Waals surface area contributed by atoms with Crippen LogP contribution in [0.1, 0.15) is 25.3 Å². The van der Waals surface area contributed by atoms with E-state index in [9.17, 15) is 4.79 Å². The number of hydrogen-bond donors (Lipinski definition) is 1. The first-order chi connectivity index (χ1) is 10.1. The molecule has 1 aromatic rings. The summed E-state index contributed by atoms with van der Waals surface area (Å²) in [6.07, 6.45) is 2.58. The molecule has 1 aromatic carbocycles. The first kappa shape index (κ1) is 15.8. The standard InChI is InChI=1S/C17H26N2O2/c1-13(10-15-6-4-5-7-16(15)21-3)19(2)17(20)11-14-8-9-18-12-14/h4-7,13-14,18H,8-12H2,1-3H3. The summed E-state index contributed by atoms with van der Waals surface area (Å²) in [5.74, 6) is 1.63. The van der Waals surface area contributed by atoms with Crippen molar-refractivity contribution in [1.82, 2.24) is 10.2 Å². The zero-order chi connectivity index (χ0) is 15.2. The van der Waals surface area contributed by atoms with E-state index in [0.717, 1.165) is 37.2 Å². The maximum Gasteiger partial charge on any atom is 0.222 e. The molecule has 0 saturated carbocycles. The van der Waals surface area contributed by atoms with E-state index in [4.69, 9.17) is 4.74 Å². The Kier molecular flexibility index (Phi) is 5.62. The average Bonchev–Trinajstić information content (AvgIpc) is 2.99. The van der Waals surface area contributed by atoms with Gasteiger partial charge in [-0.25, -0.2) is 0 Å². The Balaban J connectivity index is 1.92. The number of carbonyl (C=O) groups is 1. The summed E-state index contributed by atoms with van der Waals surface area (Å²) in [6.45, 7) is 4.11. The normalized spacial score (nSPS) is 19.3. The van der Waals surface area contributed by atoms with Crippen LogP contribution in [-0.4, -0.2) is 44.1 Å². The molecule has 1 aliphatic rings. The Bertz CT molecular complexity index is 470. The smallest absolute Gasteiger partial charge is 0.222 e. The molecule has 0 aliphatic carbocycles. The van der Waals surface area contributed by atoms with Gasteiger partial charge in [0.05, 0.1) is 7.11 Å². The van der Waals surface area contributed by atoms with Gasteiger partial charge in [0.1, 0.15) is 5.75 Å². The van der Waals surface area contributed by atoms with Gasteiger partial charge >= 0.3 is 0 Å². The third kappa shape index (κ3) is 4.21. The molecule has 0 radical (unpaired) electrons. The van der Waals surface area contributed by atoms with Crippen LogP contribution < -0.4 is 10.1 Å². The Labute approximate surface area is 127 Å². The molecule has 1 N–H and O–H groups in total. The van der Waals surface area contributed by atoms with Crippen molar-refractivity contribution in [1.29, 1.82) is 0 Å². The molecule has 2 atom stereocenters. The van der Waals surface area contributed by atoms with Crippen molar-refractivity contribution >= 4 is 5.91 Å². The highest BCUT2D eigenvalue weighted by Crippen LogP contribution is 2.21. The molecule has 4 nitrogen and oxygen atoms in total. The number of rotatable bonds is 6. The van der Waals surface area contributed by atoms with Crippen molar-refractivity contribution in [3.63, 3.8) is 0 Å². The van der Waals surface area contributed by atoms with E-state index in [0.29, 0.717) is 12.3 Å². The van der Waals surface area contributed by atoms with Gasteiger partial charge in [0.15, 0.2) is 0 Å². The van der Waals surface area contributed by atoms with Gasteiger partial charge in [0, 0.05) is 19.5 Å². The zero-order valence-electron chi connectivity index (χ0n) is 13.3. The second kappa shape index (κ2) is 7.46. The van der Waals surface area contributed by atoms with Crippen LogP contribution in [0, 0.1) is 5.92 Å². The second-order valence-electron chi connectivity index (χ2n) is 5.93. The van der Waals surface area contributed by atoms with Crippen LogP contribution in [0.4, 0.5) is 0 Å². The molecule has 4 heteroatoms. The number of methoxy groups -OCH3 is 1. The van der Waals surface area contributed by atoms with Gasteiger partial charge in [-0.05, 0) is 50.4 Å². The van der Waals surface area contributed by atoms with Crippen LogP contribution in [0.2, 0.25) is 0 Å². The monoisotopic (exact) mass is 290 g/mol. The summed E-state index contributed by atoms with van der Waals surface area (Å²) in [5, 5.41) is 3.31. The Morgan fingerprint density at radius 3 is 2.90 bits per heavy atom. The summed E-state index contributed by atoms with van der Waals surface area (Å²) in [4.78, 5) is 14.2. The van der Waals surface area contributed by atoms with Gasteiger partial charge in [0.25, 0.3) is 0 Å². The van der Waals surface area contributed by atoms with Gasteiger partial charge in [-0.15, -0.1) is 0 Å². The van der Waals surface area contributed by atoms with Crippen molar-refractivity contribution < 1.29 is 9.53 Å². The van der Waals surface area contributed by atoms with E-state index in [1.165, 1.54) is 0 Å². The minimum Gasteiger partial charge on any atom is -0.496 e. The molecule has 1 aliphatic heterocycles. The molecule has 0 spiro atoms. The van der Waals surface area contributed by atoms with Gasteiger partial charge in [-0.2, -0.15) is 0 Å². The van der Waals surface area contributed by atoms with Gasteiger partial charge in [-0.3, -0.25) is 4.79 Å². The van der Waals surface area contributed by atoms with E-state index in [-0.39, 0.29) is 11.9 Å². The minimum absolute atomic E-state index is 0.170. The lowest BCUT2D eigenvalue weighted by atomic mass is 10.0. The fraction of sp³-hybridized carbons (Fsp3) is 0.588. The van der Waals surface area contributed by atoms with Crippen LogP contribution in [0.5, 0.6) is 5.75 Å². The van der Waals surface area contributed by atoms with E-state index < -0.39 is 0 Å². The van der Waals surface area contributed by atoms with E-state index in [1.807, 2.05) is 30.1 Å². The van der Waals surface area contributed by atoms with E-state index in [2.05, 4.69) is 18.3 Å². The second-order valence-corrected chi connectivity index (χ2v) is 5.93. The number of nitrogens with zero attached hydrogens (tertiary/aromatic N) is 1. The predicted octanol–water partition coefficient (Wildman–Crippen LogP) is 2.08. The lowest BCUT2D eigenvalue weighted by molar-refractivity contribution is -0.132. The van der Waals surface area contributed by atoms with Crippen molar-refractivity contribution in [2.45, 2.75) is 32.2 Å². The average molecular weight is 290 g/mol. The fourth-order valence-electron chi connectivity index (χ4n) is 2.85. The quantitative estimate of drug-likeness (QED) is 0.872. The molecule has 0 aromatic heterocycles. The first-order valence-electron chi connectivity index (χ1n) is 7.70. The SMILES string of the molecule is COc1ccccc1CC(C)N(C)C(=O)CC1CCNC1. The predicted molar refractivity (Wildman–Crippen MR) is 84.5 cm³/mol. The highest BCUT2D eigenvalue weighted by molar-refractivity contribution is 5.76.